The van der Waals surface area contributed by atoms with Crippen LogP contribution in [0.3, 0.4) is 0 Å². The molecule has 4 heteroatoms. The Hall–Kier alpha value is -1.68. The first kappa shape index (κ1) is 15.7. The summed E-state index contributed by atoms with van der Waals surface area (Å²) in [5.74, 6) is -0.204. The maximum absolute atomic E-state index is 13.0. The van der Waals surface area contributed by atoms with Crippen molar-refractivity contribution in [2.75, 3.05) is 6.54 Å². The van der Waals surface area contributed by atoms with Gasteiger partial charge >= 0.3 is 0 Å². The summed E-state index contributed by atoms with van der Waals surface area (Å²) in [6.07, 6.45) is 1.12. The predicted octanol–water partition coefficient (Wildman–Crippen LogP) is 3.75. The van der Waals surface area contributed by atoms with Crippen molar-refractivity contribution in [1.82, 2.24) is 15.1 Å². The molecule has 0 saturated carbocycles. The monoisotopic (exact) mass is 289 g/mol. The maximum atomic E-state index is 13.0. The average Bonchev–Trinajstić information content (AvgIpc) is 2.73. The zero-order valence-corrected chi connectivity index (χ0v) is 13.3. The lowest BCUT2D eigenvalue weighted by Crippen LogP contribution is -2.20. The number of hydrogen-bond donors (Lipinski definition) is 1. The first-order valence-corrected chi connectivity index (χ1v) is 7.54. The third-order valence-electron chi connectivity index (χ3n) is 3.82. The molecule has 0 aliphatic carbocycles. The number of hydrogen-bond acceptors (Lipinski definition) is 2. The number of benzene rings is 1. The van der Waals surface area contributed by atoms with E-state index in [-0.39, 0.29) is 5.82 Å². The molecule has 1 aromatic carbocycles. The van der Waals surface area contributed by atoms with Crippen LogP contribution in [0.2, 0.25) is 0 Å². The molecule has 0 amide bonds. The van der Waals surface area contributed by atoms with Crippen molar-refractivity contribution in [1.29, 1.82) is 0 Å². The zero-order valence-electron chi connectivity index (χ0n) is 13.3. The highest BCUT2D eigenvalue weighted by Crippen LogP contribution is 2.22. The number of nitrogens with one attached hydrogen (secondary N) is 1. The Morgan fingerprint density at radius 2 is 1.90 bits per heavy atom. The van der Waals surface area contributed by atoms with Gasteiger partial charge in [0, 0.05) is 17.3 Å². The van der Waals surface area contributed by atoms with Gasteiger partial charge in [-0.1, -0.05) is 19.1 Å². The van der Waals surface area contributed by atoms with Gasteiger partial charge in [0.15, 0.2) is 0 Å². The summed E-state index contributed by atoms with van der Waals surface area (Å²) in [5.41, 5.74) is 4.56. The molecule has 0 fully saturated rings. The number of aromatic nitrogens is 2. The predicted molar refractivity (Wildman–Crippen MR) is 83.9 cm³/mol. The summed E-state index contributed by atoms with van der Waals surface area (Å²) >= 11 is 0. The molecule has 1 aromatic heterocycles. The molecule has 114 valence electrons. The third-order valence-corrected chi connectivity index (χ3v) is 3.82. The maximum Gasteiger partial charge on any atom is 0.123 e. The Morgan fingerprint density at radius 3 is 2.52 bits per heavy atom. The van der Waals surface area contributed by atoms with E-state index in [9.17, 15) is 4.39 Å². The van der Waals surface area contributed by atoms with Gasteiger partial charge in [0.2, 0.25) is 0 Å². The molecule has 2 aromatic rings. The molecular formula is C17H24FN3. The second kappa shape index (κ2) is 6.85. The molecule has 3 nitrogen and oxygen atoms in total. The van der Waals surface area contributed by atoms with Crippen LogP contribution in [-0.2, 0) is 6.54 Å². The van der Waals surface area contributed by atoms with Crippen LogP contribution in [-0.4, -0.2) is 16.3 Å². The van der Waals surface area contributed by atoms with Gasteiger partial charge in [0.25, 0.3) is 0 Å². The van der Waals surface area contributed by atoms with Crippen molar-refractivity contribution in [2.24, 2.45) is 0 Å². The summed E-state index contributed by atoms with van der Waals surface area (Å²) in [7, 11) is 0. The van der Waals surface area contributed by atoms with E-state index in [4.69, 9.17) is 0 Å². The van der Waals surface area contributed by atoms with Crippen LogP contribution in [0.1, 0.15) is 48.8 Å². The second-order valence-electron chi connectivity index (χ2n) is 5.54. The van der Waals surface area contributed by atoms with Gasteiger partial charge in [-0.2, -0.15) is 5.10 Å². The first-order valence-electron chi connectivity index (χ1n) is 7.54. The van der Waals surface area contributed by atoms with Crippen molar-refractivity contribution in [2.45, 2.75) is 46.7 Å². The number of rotatable bonds is 6. The standard InChI is InChI=1S/C17H24FN3/c1-5-10-19-12(2)17-13(3)20-21(14(17)4)11-15-6-8-16(18)9-7-15/h6-9,12,19H,5,10-11H2,1-4H3. The molecule has 1 N–H and O–H groups in total. The van der Waals surface area contributed by atoms with Crippen LogP contribution < -0.4 is 5.32 Å². The van der Waals surface area contributed by atoms with E-state index in [1.54, 1.807) is 0 Å². The Bertz CT molecular complexity index is 587. The molecule has 0 aliphatic heterocycles. The molecular weight excluding hydrogens is 265 g/mol. The van der Waals surface area contributed by atoms with Crippen LogP contribution in [0.5, 0.6) is 0 Å². The van der Waals surface area contributed by atoms with Gasteiger partial charge in [-0.15, -0.1) is 0 Å². The van der Waals surface area contributed by atoms with Gasteiger partial charge in [-0.3, -0.25) is 4.68 Å². The molecule has 1 atom stereocenters. The molecule has 0 saturated heterocycles. The van der Waals surface area contributed by atoms with Crippen molar-refractivity contribution in [3.05, 3.63) is 52.6 Å². The Labute approximate surface area is 126 Å². The second-order valence-corrected chi connectivity index (χ2v) is 5.54. The van der Waals surface area contributed by atoms with E-state index in [1.807, 2.05) is 23.7 Å². The minimum Gasteiger partial charge on any atom is -0.310 e. The smallest absolute Gasteiger partial charge is 0.123 e. The van der Waals surface area contributed by atoms with E-state index in [1.165, 1.54) is 23.4 Å². The largest absolute Gasteiger partial charge is 0.310 e. The lowest BCUT2D eigenvalue weighted by molar-refractivity contribution is 0.564. The molecule has 0 aliphatic rings. The van der Waals surface area contributed by atoms with E-state index in [0.717, 1.165) is 24.2 Å². The normalized spacial score (nSPS) is 12.6. The lowest BCUT2D eigenvalue weighted by atomic mass is 10.1. The van der Waals surface area contributed by atoms with Crippen LogP contribution in [0, 0.1) is 19.7 Å². The quantitative estimate of drug-likeness (QED) is 0.877. The highest BCUT2D eigenvalue weighted by atomic mass is 19.1. The van der Waals surface area contributed by atoms with Crippen molar-refractivity contribution < 1.29 is 4.39 Å². The van der Waals surface area contributed by atoms with E-state index in [2.05, 4.69) is 31.2 Å². The Morgan fingerprint density at radius 1 is 1.24 bits per heavy atom. The zero-order chi connectivity index (χ0) is 15.4. The number of aryl methyl sites for hydroxylation is 1. The van der Waals surface area contributed by atoms with Crippen molar-refractivity contribution >= 4 is 0 Å². The highest BCUT2D eigenvalue weighted by molar-refractivity contribution is 5.29. The van der Waals surface area contributed by atoms with Crippen LogP contribution in [0.15, 0.2) is 24.3 Å². The van der Waals surface area contributed by atoms with Crippen LogP contribution >= 0.6 is 0 Å². The summed E-state index contributed by atoms with van der Waals surface area (Å²) in [4.78, 5) is 0. The van der Waals surface area contributed by atoms with E-state index < -0.39 is 0 Å². The van der Waals surface area contributed by atoms with E-state index >= 15 is 0 Å². The van der Waals surface area contributed by atoms with Crippen LogP contribution in [0.4, 0.5) is 4.39 Å². The summed E-state index contributed by atoms with van der Waals surface area (Å²) in [6, 6.07) is 6.90. The lowest BCUT2D eigenvalue weighted by Gasteiger charge is -2.14. The fourth-order valence-electron chi connectivity index (χ4n) is 2.72. The molecule has 0 spiro atoms. The molecule has 1 heterocycles. The number of halogens is 1. The van der Waals surface area contributed by atoms with Gasteiger partial charge in [-0.25, -0.2) is 4.39 Å². The fourth-order valence-corrected chi connectivity index (χ4v) is 2.72. The van der Waals surface area contributed by atoms with Crippen molar-refractivity contribution in [3.63, 3.8) is 0 Å². The first-order chi connectivity index (χ1) is 10.0. The molecule has 0 radical (unpaired) electrons. The van der Waals surface area contributed by atoms with Gasteiger partial charge in [0.05, 0.1) is 12.2 Å². The number of nitrogens with zero attached hydrogens (tertiary/aromatic N) is 2. The Kier molecular flexibility index (Phi) is 5.12. The van der Waals surface area contributed by atoms with Crippen LogP contribution in [0.25, 0.3) is 0 Å². The van der Waals surface area contributed by atoms with Crippen molar-refractivity contribution in [3.8, 4) is 0 Å². The molecule has 1 unspecified atom stereocenters. The highest BCUT2D eigenvalue weighted by Gasteiger charge is 2.17. The molecule has 2 rings (SSSR count). The topological polar surface area (TPSA) is 29.9 Å². The SMILES string of the molecule is CCCNC(C)c1c(C)nn(Cc2ccc(F)cc2)c1C. The molecule has 21 heavy (non-hydrogen) atoms. The minimum atomic E-state index is -0.204. The summed E-state index contributed by atoms with van der Waals surface area (Å²) < 4.78 is 15.0. The third kappa shape index (κ3) is 3.70. The minimum absolute atomic E-state index is 0.204. The van der Waals surface area contributed by atoms with Gasteiger partial charge in [0.1, 0.15) is 5.82 Å². The summed E-state index contributed by atoms with van der Waals surface area (Å²) in [5, 5.41) is 8.15. The van der Waals surface area contributed by atoms with Gasteiger partial charge < -0.3 is 5.32 Å². The summed E-state index contributed by atoms with van der Waals surface area (Å²) in [6.45, 7) is 10.2. The fraction of sp³-hybridized carbons (Fsp3) is 0.471. The average molecular weight is 289 g/mol. The van der Waals surface area contributed by atoms with E-state index in [0.29, 0.717) is 12.6 Å². The Balaban J connectivity index is 2.20. The molecule has 0 bridgehead atoms. The van der Waals surface area contributed by atoms with Gasteiger partial charge in [-0.05, 0) is 51.4 Å².